The van der Waals surface area contributed by atoms with Crippen molar-refractivity contribution in [1.82, 2.24) is 4.90 Å². The maximum Gasteiger partial charge on any atom is 0.257 e. The van der Waals surface area contributed by atoms with Crippen LogP contribution in [-0.4, -0.2) is 41.3 Å². The maximum atomic E-state index is 13.0. The van der Waals surface area contributed by atoms with Crippen LogP contribution in [0.4, 0.5) is 5.69 Å². The van der Waals surface area contributed by atoms with Gasteiger partial charge in [0.15, 0.2) is 0 Å². The SMILES string of the molecule is CCOc1ccc(N2C(=O)CC(N(C(C)=O)C3CCCCC3)C2=O)cc1. The number of benzene rings is 1. The summed E-state index contributed by atoms with van der Waals surface area (Å²) >= 11 is 0. The Morgan fingerprint density at radius 3 is 2.38 bits per heavy atom. The number of amides is 3. The Morgan fingerprint density at radius 2 is 1.81 bits per heavy atom. The summed E-state index contributed by atoms with van der Waals surface area (Å²) in [6.45, 7) is 3.94. The molecule has 2 fully saturated rings. The number of anilines is 1. The molecule has 3 rings (SSSR count). The van der Waals surface area contributed by atoms with E-state index >= 15 is 0 Å². The van der Waals surface area contributed by atoms with Gasteiger partial charge in [0.05, 0.1) is 18.7 Å². The molecule has 2 aliphatic rings. The predicted molar refractivity (Wildman–Crippen MR) is 97.9 cm³/mol. The average Bonchev–Trinajstić information content (AvgIpc) is 2.91. The fourth-order valence-electron chi connectivity index (χ4n) is 4.05. The second-order valence-electron chi connectivity index (χ2n) is 6.93. The van der Waals surface area contributed by atoms with Crippen LogP contribution < -0.4 is 9.64 Å². The first-order chi connectivity index (χ1) is 12.5. The normalized spacial score (nSPS) is 21.2. The Morgan fingerprint density at radius 1 is 1.15 bits per heavy atom. The lowest BCUT2D eigenvalue weighted by atomic mass is 9.92. The molecule has 0 aromatic heterocycles. The summed E-state index contributed by atoms with van der Waals surface area (Å²) < 4.78 is 5.41. The fraction of sp³-hybridized carbons (Fsp3) is 0.550. The average molecular weight is 358 g/mol. The molecule has 0 bridgehead atoms. The zero-order valence-electron chi connectivity index (χ0n) is 15.4. The first-order valence-electron chi connectivity index (χ1n) is 9.41. The minimum atomic E-state index is -0.685. The van der Waals surface area contributed by atoms with E-state index in [1.165, 1.54) is 11.8 Å². The summed E-state index contributed by atoms with van der Waals surface area (Å²) in [5.41, 5.74) is 0.526. The van der Waals surface area contributed by atoms with E-state index in [1.807, 2.05) is 6.92 Å². The lowest BCUT2D eigenvalue weighted by Gasteiger charge is -2.36. The molecule has 6 heteroatoms. The van der Waals surface area contributed by atoms with Crippen molar-refractivity contribution < 1.29 is 19.1 Å². The van der Waals surface area contributed by atoms with Gasteiger partial charge in [0.25, 0.3) is 5.91 Å². The Bertz CT molecular complexity index is 680. The first-order valence-corrected chi connectivity index (χ1v) is 9.41. The standard InChI is InChI=1S/C20H26N2O4/c1-3-26-17-11-9-16(10-12-17)22-19(24)13-18(20(22)25)21(14(2)23)15-7-5-4-6-8-15/h9-12,15,18H,3-8,13H2,1-2H3. The van der Waals surface area contributed by atoms with Gasteiger partial charge >= 0.3 is 0 Å². The highest BCUT2D eigenvalue weighted by atomic mass is 16.5. The molecular weight excluding hydrogens is 332 g/mol. The number of carbonyl (C=O) groups is 3. The molecule has 1 atom stereocenters. The predicted octanol–water partition coefficient (Wildman–Crippen LogP) is 2.90. The molecule has 1 unspecified atom stereocenters. The molecule has 0 radical (unpaired) electrons. The molecule has 6 nitrogen and oxygen atoms in total. The summed E-state index contributed by atoms with van der Waals surface area (Å²) in [4.78, 5) is 40.7. The van der Waals surface area contributed by atoms with Crippen LogP contribution in [0.1, 0.15) is 52.4 Å². The summed E-state index contributed by atoms with van der Waals surface area (Å²) in [5.74, 6) is 0.00205. The Kier molecular flexibility index (Phi) is 5.59. The van der Waals surface area contributed by atoms with Gasteiger partial charge < -0.3 is 9.64 Å². The van der Waals surface area contributed by atoms with E-state index in [0.29, 0.717) is 18.0 Å². The minimum absolute atomic E-state index is 0.0577. The third-order valence-corrected chi connectivity index (χ3v) is 5.20. The zero-order chi connectivity index (χ0) is 18.7. The van der Waals surface area contributed by atoms with E-state index in [0.717, 1.165) is 32.1 Å². The lowest BCUT2D eigenvalue weighted by Crippen LogP contribution is -2.50. The summed E-state index contributed by atoms with van der Waals surface area (Å²) in [5, 5.41) is 0. The van der Waals surface area contributed by atoms with Gasteiger partial charge in [0.1, 0.15) is 11.8 Å². The highest BCUT2D eigenvalue weighted by molar-refractivity contribution is 6.23. The number of imide groups is 1. The molecule has 1 aliphatic carbocycles. The van der Waals surface area contributed by atoms with Crippen LogP contribution in [0.2, 0.25) is 0 Å². The van der Waals surface area contributed by atoms with Crippen LogP contribution in [0, 0.1) is 0 Å². The second kappa shape index (κ2) is 7.89. The Balaban J connectivity index is 1.81. The van der Waals surface area contributed by atoms with Gasteiger partial charge in [-0.1, -0.05) is 19.3 Å². The zero-order valence-corrected chi connectivity index (χ0v) is 15.4. The first kappa shape index (κ1) is 18.4. The summed E-state index contributed by atoms with van der Waals surface area (Å²) in [6.07, 6.45) is 5.15. The van der Waals surface area contributed by atoms with E-state index in [9.17, 15) is 14.4 Å². The fourth-order valence-corrected chi connectivity index (χ4v) is 4.05. The molecule has 140 valence electrons. The summed E-state index contributed by atoms with van der Waals surface area (Å²) in [6, 6.07) is 6.29. The van der Waals surface area contributed by atoms with Gasteiger partial charge in [0.2, 0.25) is 11.8 Å². The molecule has 0 spiro atoms. The van der Waals surface area contributed by atoms with Crippen molar-refractivity contribution in [2.45, 2.75) is 64.5 Å². The topological polar surface area (TPSA) is 66.9 Å². The molecule has 1 saturated carbocycles. The smallest absolute Gasteiger partial charge is 0.257 e. The van der Waals surface area contributed by atoms with Gasteiger partial charge in [-0.05, 0) is 44.0 Å². The van der Waals surface area contributed by atoms with Gasteiger partial charge in [-0.2, -0.15) is 0 Å². The molecule has 0 N–H and O–H groups in total. The second-order valence-corrected chi connectivity index (χ2v) is 6.93. The third-order valence-electron chi connectivity index (χ3n) is 5.20. The molecule has 3 amide bonds. The van der Waals surface area contributed by atoms with Crippen LogP contribution in [0.5, 0.6) is 5.75 Å². The number of hydrogen-bond acceptors (Lipinski definition) is 4. The Hall–Kier alpha value is -2.37. The van der Waals surface area contributed by atoms with Crippen LogP contribution >= 0.6 is 0 Å². The molecule has 1 heterocycles. The van der Waals surface area contributed by atoms with Crippen molar-refractivity contribution in [2.24, 2.45) is 0 Å². The molecule has 1 aliphatic heterocycles. The van der Waals surface area contributed by atoms with Crippen LogP contribution in [0.15, 0.2) is 24.3 Å². The monoisotopic (exact) mass is 358 g/mol. The van der Waals surface area contributed by atoms with Crippen LogP contribution in [0.3, 0.4) is 0 Å². The third kappa shape index (κ3) is 3.59. The highest BCUT2D eigenvalue weighted by Crippen LogP contribution is 2.31. The lowest BCUT2D eigenvalue weighted by molar-refractivity contribution is -0.140. The van der Waals surface area contributed by atoms with Crippen molar-refractivity contribution in [3.05, 3.63) is 24.3 Å². The van der Waals surface area contributed by atoms with E-state index in [-0.39, 0.29) is 30.2 Å². The van der Waals surface area contributed by atoms with Gasteiger partial charge in [-0.25, -0.2) is 4.90 Å². The van der Waals surface area contributed by atoms with Gasteiger partial charge in [-0.3, -0.25) is 14.4 Å². The number of nitrogens with zero attached hydrogens (tertiary/aromatic N) is 2. The Labute approximate surface area is 154 Å². The van der Waals surface area contributed by atoms with Crippen molar-refractivity contribution >= 4 is 23.4 Å². The van der Waals surface area contributed by atoms with Crippen molar-refractivity contribution in [1.29, 1.82) is 0 Å². The largest absolute Gasteiger partial charge is 0.494 e. The minimum Gasteiger partial charge on any atom is -0.494 e. The molecular formula is C20H26N2O4. The number of hydrogen-bond donors (Lipinski definition) is 0. The molecule has 1 aromatic rings. The van der Waals surface area contributed by atoms with Crippen LogP contribution in [-0.2, 0) is 14.4 Å². The van der Waals surface area contributed by atoms with E-state index in [1.54, 1.807) is 29.2 Å². The van der Waals surface area contributed by atoms with Gasteiger partial charge in [0, 0.05) is 13.0 Å². The van der Waals surface area contributed by atoms with Crippen molar-refractivity contribution in [3.63, 3.8) is 0 Å². The van der Waals surface area contributed by atoms with E-state index < -0.39 is 6.04 Å². The maximum absolute atomic E-state index is 13.0. The van der Waals surface area contributed by atoms with E-state index in [2.05, 4.69) is 0 Å². The van der Waals surface area contributed by atoms with Crippen molar-refractivity contribution in [3.8, 4) is 5.75 Å². The van der Waals surface area contributed by atoms with Crippen LogP contribution in [0.25, 0.3) is 0 Å². The molecule has 1 aromatic carbocycles. The van der Waals surface area contributed by atoms with Crippen molar-refractivity contribution in [2.75, 3.05) is 11.5 Å². The van der Waals surface area contributed by atoms with Gasteiger partial charge in [-0.15, -0.1) is 0 Å². The quantitative estimate of drug-likeness (QED) is 0.759. The number of carbonyl (C=O) groups excluding carboxylic acids is 3. The number of rotatable bonds is 5. The highest BCUT2D eigenvalue weighted by Gasteiger charge is 2.45. The summed E-state index contributed by atoms with van der Waals surface area (Å²) in [7, 11) is 0. The molecule has 26 heavy (non-hydrogen) atoms. The molecule has 1 saturated heterocycles. The number of ether oxygens (including phenoxy) is 1. The van der Waals surface area contributed by atoms with E-state index in [4.69, 9.17) is 4.74 Å².